The van der Waals surface area contributed by atoms with E-state index in [2.05, 4.69) is 20.8 Å². The van der Waals surface area contributed by atoms with Crippen LogP contribution in [-0.4, -0.2) is 31.4 Å². The van der Waals surface area contributed by atoms with Crippen molar-refractivity contribution in [2.45, 2.75) is 6.61 Å². The van der Waals surface area contributed by atoms with Crippen LogP contribution < -0.4 is 15.5 Å². The molecule has 3 N–H and O–H groups in total. The minimum absolute atomic E-state index is 0.0573. The standard InChI is InChI=1S/C20H19N5O3/c1-27-16-9-7-14(8-10-16)11-22-18-17(19(21)25-20(18)26)23-13-24-28-12-15-5-3-2-4-6-15/h2-11,13H,12H2,1H3,(H3,21,23,24,25,26). The van der Waals surface area contributed by atoms with Crippen LogP contribution in [0.3, 0.4) is 0 Å². The van der Waals surface area contributed by atoms with Crippen molar-refractivity contribution in [3.63, 3.8) is 0 Å². The van der Waals surface area contributed by atoms with Crippen LogP contribution in [-0.2, 0) is 16.2 Å². The molecule has 0 bridgehead atoms. The van der Waals surface area contributed by atoms with Gasteiger partial charge in [-0.3, -0.25) is 20.5 Å². The zero-order chi connectivity index (χ0) is 19.8. The number of aliphatic imine (C=N–C) groups is 2. The van der Waals surface area contributed by atoms with Crippen LogP contribution in [0.5, 0.6) is 5.75 Å². The molecule has 0 spiro atoms. The second kappa shape index (κ2) is 9.24. The molecule has 1 aliphatic rings. The smallest absolute Gasteiger partial charge is 0.277 e. The Kier molecular flexibility index (Phi) is 6.27. The van der Waals surface area contributed by atoms with E-state index in [1.165, 1.54) is 12.6 Å². The van der Waals surface area contributed by atoms with Gasteiger partial charge in [-0.15, -0.1) is 0 Å². The van der Waals surface area contributed by atoms with Crippen LogP contribution >= 0.6 is 0 Å². The first kappa shape index (κ1) is 19.0. The lowest BCUT2D eigenvalue weighted by Crippen LogP contribution is -2.22. The molecule has 0 radical (unpaired) electrons. The van der Waals surface area contributed by atoms with Gasteiger partial charge in [0, 0.05) is 6.21 Å². The minimum Gasteiger partial charge on any atom is -0.497 e. The second-order valence-corrected chi connectivity index (χ2v) is 5.71. The number of nitrogens with zero attached hydrogens (tertiary/aromatic N) is 2. The maximum atomic E-state index is 12.0. The topological polar surface area (TPSA) is 108 Å². The molecule has 0 aliphatic carbocycles. The van der Waals surface area contributed by atoms with Crippen molar-refractivity contribution < 1.29 is 14.4 Å². The van der Waals surface area contributed by atoms with E-state index in [0.717, 1.165) is 16.9 Å². The second-order valence-electron chi connectivity index (χ2n) is 5.71. The predicted octanol–water partition coefficient (Wildman–Crippen LogP) is 2.18. The Balaban J connectivity index is 1.65. The monoisotopic (exact) mass is 377 g/mol. The number of carbonyl (C=O) groups is 1. The summed E-state index contributed by atoms with van der Waals surface area (Å²) in [4.78, 5) is 25.6. The van der Waals surface area contributed by atoms with E-state index in [0.29, 0.717) is 6.61 Å². The van der Waals surface area contributed by atoms with Crippen molar-refractivity contribution in [1.29, 1.82) is 5.41 Å². The number of carbonyl (C=O) groups excluding carboxylic acids is 1. The van der Waals surface area contributed by atoms with Crippen molar-refractivity contribution in [2.24, 2.45) is 9.98 Å². The molecule has 2 aromatic carbocycles. The average molecular weight is 377 g/mol. The van der Waals surface area contributed by atoms with Crippen molar-refractivity contribution in [3.8, 4) is 5.75 Å². The highest BCUT2D eigenvalue weighted by Crippen LogP contribution is 2.16. The highest BCUT2D eigenvalue weighted by molar-refractivity contribution is 6.21. The van der Waals surface area contributed by atoms with E-state index in [-0.39, 0.29) is 17.2 Å². The van der Waals surface area contributed by atoms with Gasteiger partial charge in [-0.1, -0.05) is 30.3 Å². The fourth-order valence-corrected chi connectivity index (χ4v) is 2.36. The summed E-state index contributed by atoms with van der Waals surface area (Å²) in [7, 11) is 1.59. The number of methoxy groups -OCH3 is 1. The lowest BCUT2D eigenvalue weighted by molar-refractivity contribution is -0.115. The number of hydrogen-bond acceptors (Lipinski definition) is 6. The Bertz CT molecular complexity index is 934. The van der Waals surface area contributed by atoms with Gasteiger partial charge in [0.15, 0.2) is 11.5 Å². The molecule has 8 heteroatoms. The number of amides is 1. The minimum atomic E-state index is -0.480. The largest absolute Gasteiger partial charge is 0.497 e. The summed E-state index contributed by atoms with van der Waals surface area (Å²) in [6.45, 7) is 0.350. The normalized spacial score (nSPS) is 14.2. The average Bonchev–Trinajstić information content (AvgIpc) is 2.99. The molecule has 8 nitrogen and oxygen atoms in total. The molecule has 0 unspecified atom stereocenters. The fourth-order valence-electron chi connectivity index (χ4n) is 2.36. The Labute approximate surface area is 162 Å². The third-order valence-electron chi connectivity index (χ3n) is 3.78. The SMILES string of the molecule is COc1ccc(C=NC2=C(N=CNOCc3ccccc3)C(=N)NC2=O)cc1. The van der Waals surface area contributed by atoms with E-state index in [1.54, 1.807) is 19.2 Å². The van der Waals surface area contributed by atoms with Crippen LogP contribution in [0.4, 0.5) is 0 Å². The van der Waals surface area contributed by atoms with Crippen LogP contribution in [0.2, 0.25) is 0 Å². The Morgan fingerprint density at radius 1 is 1.07 bits per heavy atom. The zero-order valence-corrected chi connectivity index (χ0v) is 15.2. The van der Waals surface area contributed by atoms with Gasteiger partial charge < -0.3 is 10.1 Å². The first-order valence-corrected chi connectivity index (χ1v) is 8.44. The van der Waals surface area contributed by atoms with E-state index in [9.17, 15) is 4.79 Å². The number of nitrogens with one attached hydrogen (secondary N) is 3. The predicted molar refractivity (Wildman–Crippen MR) is 106 cm³/mol. The molecule has 1 heterocycles. The van der Waals surface area contributed by atoms with Gasteiger partial charge in [-0.2, -0.15) is 0 Å². The van der Waals surface area contributed by atoms with Crippen molar-refractivity contribution in [2.75, 3.05) is 7.11 Å². The Morgan fingerprint density at radius 3 is 2.54 bits per heavy atom. The summed E-state index contributed by atoms with van der Waals surface area (Å²) >= 11 is 0. The molecular weight excluding hydrogens is 358 g/mol. The van der Waals surface area contributed by atoms with Crippen molar-refractivity contribution in [1.82, 2.24) is 10.8 Å². The third kappa shape index (κ3) is 4.89. The maximum absolute atomic E-state index is 12.0. The molecular formula is C20H19N5O3. The molecule has 0 atom stereocenters. The Morgan fingerprint density at radius 2 is 1.82 bits per heavy atom. The van der Waals surface area contributed by atoms with Crippen LogP contribution in [0.25, 0.3) is 0 Å². The number of amidine groups is 1. The number of rotatable bonds is 8. The summed E-state index contributed by atoms with van der Waals surface area (Å²) in [5.74, 6) is 0.128. The van der Waals surface area contributed by atoms with Gasteiger partial charge in [0.1, 0.15) is 17.8 Å². The van der Waals surface area contributed by atoms with Gasteiger partial charge in [-0.25, -0.2) is 9.98 Å². The maximum Gasteiger partial charge on any atom is 0.277 e. The molecule has 28 heavy (non-hydrogen) atoms. The Hall–Kier alpha value is -3.78. The van der Waals surface area contributed by atoms with Gasteiger partial charge in [0.25, 0.3) is 5.91 Å². The van der Waals surface area contributed by atoms with E-state index in [1.807, 2.05) is 42.5 Å². The number of ether oxygens (including phenoxy) is 1. The molecule has 0 saturated carbocycles. The first-order valence-electron chi connectivity index (χ1n) is 8.44. The van der Waals surface area contributed by atoms with Gasteiger partial charge in [0.05, 0.1) is 13.7 Å². The molecule has 142 valence electrons. The highest BCUT2D eigenvalue weighted by Gasteiger charge is 2.26. The zero-order valence-electron chi connectivity index (χ0n) is 15.2. The summed E-state index contributed by atoms with van der Waals surface area (Å²) in [6, 6.07) is 16.8. The van der Waals surface area contributed by atoms with E-state index >= 15 is 0 Å². The summed E-state index contributed by atoms with van der Waals surface area (Å²) in [6.07, 6.45) is 2.80. The van der Waals surface area contributed by atoms with Crippen LogP contribution in [0, 0.1) is 5.41 Å². The number of hydrogen-bond donors (Lipinski definition) is 3. The molecule has 2 aromatic rings. The fraction of sp³-hybridized carbons (Fsp3) is 0.100. The lowest BCUT2D eigenvalue weighted by atomic mass is 10.2. The third-order valence-corrected chi connectivity index (χ3v) is 3.78. The quantitative estimate of drug-likeness (QED) is 0.284. The van der Waals surface area contributed by atoms with Gasteiger partial charge in [-0.05, 0) is 35.4 Å². The highest BCUT2D eigenvalue weighted by atomic mass is 16.6. The van der Waals surface area contributed by atoms with Gasteiger partial charge in [0.2, 0.25) is 0 Å². The number of benzene rings is 2. The molecule has 3 rings (SSSR count). The molecule has 0 aromatic heterocycles. The number of hydroxylamine groups is 1. The van der Waals surface area contributed by atoms with Crippen LogP contribution in [0.15, 0.2) is 76.0 Å². The van der Waals surface area contributed by atoms with Crippen molar-refractivity contribution >= 4 is 24.3 Å². The van der Waals surface area contributed by atoms with Crippen molar-refractivity contribution in [3.05, 3.63) is 77.1 Å². The lowest BCUT2D eigenvalue weighted by Gasteiger charge is -2.02. The molecule has 0 fully saturated rings. The molecule has 1 amide bonds. The summed E-state index contributed by atoms with van der Waals surface area (Å²) in [5.41, 5.74) is 4.55. The first-order chi connectivity index (χ1) is 13.7. The van der Waals surface area contributed by atoms with Crippen LogP contribution in [0.1, 0.15) is 11.1 Å². The van der Waals surface area contributed by atoms with E-state index < -0.39 is 5.91 Å². The summed E-state index contributed by atoms with van der Waals surface area (Å²) < 4.78 is 5.10. The van der Waals surface area contributed by atoms with E-state index in [4.69, 9.17) is 15.0 Å². The van der Waals surface area contributed by atoms with Gasteiger partial charge >= 0.3 is 0 Å². The summed E-state index contributed by atoms with van der Waals surface area (Å²) in [5, 5.41) is 10.2. The molecule has 0 saturated heterocycles. The molecule has 1 aliphatic heterocycles.